The highest BCUT2D eigenvalue weighted by Crippen LogP contribution is 2.26. The molecule has 2 aromatic rings. The predicted octanol–water partition coefficient (Wildman–Crippen LogP) is 2.46. The second kappa shape index (κ2) is 5.92. The Morgan fingerprint density at radius 1 is 1.18 bits per heavy atom. The van der Waals surface area contributed by atoms with Gasteiger partial charge < -0.3 is 10.4 Å². The number of nitrogens with one attached hydrogen (secondary N) is 1. The Bertz CT molecular complexity index is 689. The number of carbonyl (C=O) groups is 1. The van der Waals surface area contributed by atoms with Crippen molar-refractivity contribution in [2.45, 2.75) is 12.7 Å². The maximum Gasteiger partial charge on any atom is 0.451 e. The van der Waals surface area contributed by atoms with E-state index in [0.29, 0.717) is 0 Å². The van der Waals surface area contributed by atoms with Gasteiger partial charge in [-0.15, -0.1) is 0 Å². The second-order valence-corrected chi connectivity index (χ2v) is 4.11. The first-order chi connectivity index (χ1) is 10.3. The summed E-state index contributed by atoms with van der Waals surface area (Å²) in [6.07, 6.45) is -3.35. The molecule has 6 nitrogen and oxygen atoms in total. The normalized spacial score (nSPS) is 11.3. The fourth-order valence-corrected chi connectivity index (χ4v) is 1.55. The number of alkyl halides is 3. The zero-order valence-corrected chi connectivity index (χ0v) is 10.7. The Morgan fingerprint density at radius 3 is 2.36 bits per heavy atom. The lowest BCUT2D eigenvalue weighted by molar-refractivity contribution is -0.144. The summed E-state index contributed by atoms with van der Waals surface area (Å²) in [6.45, 7) is -0.307. The first-order valence-electron chi connectivity index (χ1n) is 5.78. The van der Waals surface area contributed by atoms with Gasteiger partial charge in [-0.25, -0.2) is 19.2 Å². The first-order valence-corrected chi connectivity index (χ1v) is 5.78. The molecular formula is C12H8F4N4O2. The van der Waals surface area contributed by atoms with Crippen LogP contribution in [0.3, 0.4) is 0 Å². The number of aromatic nitrogens is 3. The van der Waals surface area contributed by atoms with E-state index in [-0.39, 0.29) is 23.4 Å². The third-order valence-electron chi connectivity index (χ3n) is 2.57. The molecule has 0 saturated carbocycles. The fourth-order valence-electron chi connectivity index (χ4n) is 1.55. The minimum Gasteiger partial charge on any atom is -0.465 e. The van der Waals surface area contributed by atoms with Crippen molar-refractivity contribution >= 4 is 6.09 Å². The summed E-state index contributed by atoms with van der Waals surface area (Å²) in [4.78, 5) is 20.5. The zero-order valence-electron chi connectivity index (χ0n) is 10.7. The number of nitrogens with zero attached hydrogens (tertiary/aromatic N) is 3. The molecule has 22 heavy (non-hydrogen) atoms. The number of carboxylic acid groups (broad SMARTS) is 1. The van der Waals surface area contributed by atoms with E-state index in [0.717, 1.165) is 18.6 Å². The molecule has 0 fully saturated rings. The molecule has 2 N–H and O–H groups in total. The average molecular weight is 316 g/mol. The minimum atomic E-state index is -4.66. The molecule has 1 amide bonds. The molecule has 0 atom stereocenters. The molecule has 0 aliphatic heterocycles. The van der Waals surface area contributed by atoms with Gasteiger partial charge in [-0.2, -0.15) is 13.2 Å². The zero-order chi connectivity index (χ0) is 16.3. The Kier molecular flexibility index (Phi) is 4.20. The van der Waals surface area contributed by atoms with Crippen molar-refractivity contribution in [2.75, 3.05) is 0 Å². The SMILES string of the molecule is O=C(O)NCc1cc(-c2cnc(C(F)(F)F)nc2)ncc1F. The van der Waals surface area contributed by atoms with E-state index >= 15 is 0 Å². The third-order valence-corrected chi connectivity index (χ3v) is 2.57. The van der Waals surface area contributed by atoms with Crippen molar-refractivity contribution in [1.29, 1.82) is 0 Å². The predicted molar refractivity (Wildman–Crippen MR) is 65.1 cm³/mol. The molecule has 0 bridgehead atoms. The van der Waals surface area contributed by atoms with Gasteiger partial charge in [-0.1, -0.05) is 0 Å². The number of hydrogen-bond acceptors (Lipinski definition) is 4. The summed E-state index contributed by atoms with van der Waals surface area (Å²) in [6, 6.07) is 1.21. The van der Waals surface area contributed by atoms with E-state index in [1.807, 2.05) is 5.32 Å². The maximum absolute atomic E-state index is 13.5. The molecule has 0 unspecified atom stereocenters. The summed E-state index contributed by atoms with van der Waals surface area (Å²) >= 11 is 0. The topological polar surface area (TPSA) is 88.0 Å². The van der Waals surface area contributed by atoms with Gasteiger partial charge in [0.2, 0.25) is 5.82 Å². The van der Waals surface area contributed by atoms with Crippen LogP contribution in [0, 0.1) is 5.82 Å². The van der Waals surface area contributed by atoms with Crippen LogP contribution in [0.4, 0.5) is 22.4 Å². The molecule has 0 spiro atoms. The lowest BCUT2D eigenvalue weighted by atomic mass is 10.1. The van der Waals surface area contributed by atoms with Crippen LogP contribution in [-0.2, 0) is 12.7 Å². The monoisotopic (exact) mass is 316 g/mol. The van der Waals surface area contributed by atoms with E-state index in [2.05, 4.69) is 15.0 Å². The highest BCUT2D eigenvalue weighted by molar-refractivity contribution is 5.64. The quantitative estimate of drug-likeness (QED) is 0.849. The molecule has 2 aromatic heterocycles. The van der Waals surface area contributed by atoms with Crippen LogP contribution in [0.1, 0.15) is 11.4 Å². The fraction of sp³-hybridized carbons (Fsp3) is 0.167. The van der Waals surface area contributed by atoms with Crippen LogP contribution in [0.15, 0.2) is 24.7 Å². The van der Waals surface area contributed by atoms with Crippen molar-refractivity contribution in [3.63, 3.8) is 0 Å². The summed E-state index contributed by atoms with van der Waals surface area (Å²) in [5.41, 5.74) is 0.259. The van der Waals surface area contributed by atoms with Crippen LogP contribution in [0.2, 0.25) is 0 Å². The van der Waals surface area contributed by atoms with E-state index in [4.69, 9.17) is 5.11 Å². The van der Waals surface area contributed by atoms with Crippen molar-refractivity contribution < 1.29 is 27.5 Å². The molecule has 0 saturated heterocycles. The van der Waals surface area contributed by atoms with E-state index in [1.54, 1.807) is 0 Å². The van der Waals surface area contributed by atoms with Gasteiger partial charge in [0.25, 0.3) is 0 Å². The first kappa shape index (κ1) is 15.6. The van der Waals surface area contributed by atoms with E-state index in [1.165, 1.54) is 6.07 Å². The maximum atomic E-state index is 13.5. The number of rotatable bonds is 3. The van der Waals surface area contributed by atoms with Gasteiger partial charge in [0.05, 0.1) is 11.9 Å². The van der Waals surface area contributed by atoms with Gasteiger partial charge in [-0.05, 0) is 6.07 Å². The lowest BCUT2D eigenvalue weighted by Gasteiger charge is -2.07. The van der Waals surface area contributed by atoms with Gasteiger partial charge in [0.1, 0.15) is 5.82 Å². The van der Waals surface area contributed by atoms with Crippen molar-refractivity contribution in [1.82, 2.24) is 20.3 Å². The molecular weight excluding hydrogens is 308 g/mol. The van der Waals surface area contributed by atoms with Gasteiger partial charge in [0.15, 0.2) is 0 Å². The molecule has 0 aliphatic carbocycles. The Hall–Kier alpha value is -2.78. The number of halogens is 4. The Balaban J connectivity index is 2.29. The highest BCUT2D eigenvalue weighted by Gasteiger charge is 2.34. The summed E-state index contributed by atoms with van der Waals surface area (Å²) in [5, 5.41) is 10.5. The lowest BCUT2D eigenvalue weighted by Crippen LogP contribution is -2.20. The Labute approximate surface area is 120 Å². The Morgan fingerprint density at radius 2 is 1.82 bits per heavy atom. The minimum absolute atomic E-state index is 0.00713. The van der Waals surface area contributed by atoms with Crippen LogP contribution in [-0.4, -0.2) is 26.2 Å². The summed E-state index contributed by atoms with van der Waals surface area (Å²) in [5.74, 6) is -2.04. The third kappa shape index (κ3) is 3.65. The van der Waals surface area contributed by atoms with Crippen LogP contribution >= 0.6 is 0 Å². The van der Waals surface area contributed by atoms with Crippen molar-refractivity contribution in [3.05, 3.63) is 41.9 Å². The molecule has 116 valence electrons. The smallest absolute Gasteiger partial charge is 0.451 e. The highest BCUT2D eigenvalue weighted by atomic mass is 19.4. The molecule has 0 aliphatic rings. The van der Waals surface area contributed by atoms with Crippen LogP contribution < -0.4 is 5.32 Å². The second-order valence-electron chi connectivity index (χ2n) is 4.11. The van der Waals surface area contributed by atoms with Gasteiger partial charge in [0, 0.05) is 30.1 Å². The standard InChI is InChI=1S/C12H8F4N4O2/c13-8-5-17-9(1-6(8)2-20-11(21)22)7-3-18-10(19-4-7)12(14,15)16/h1,3-5,20H,2H2,(H,21,22). The summed E-state index contributed by atoms with van der Waals surface area (Å²) < 4.78 is 50.6. The summed E-state index contributed by atoms with van der Waals surface area (Å²) in [7, 11) is 0. The number of amides is 1. The molecule has 2 heterocycles. The molecule has 0 radical (unpaired) electrons. The average Bonchev–Trinajstić information content (AvgIpc) is 2.45. The van der Waals surface area contributed by atoms with Crippen LogP contribution in [0.5, 0.6) is 0 Å². The number of pyridine rings is 1. The molecule has 10 heteroatoms. The van der Waals surface area contributed by atoms with E-state index < -0.39 is 23.9 Å². The van der Waals surface area contributed by atoms with Crippen molar-refractivity contribution in [3.8, 4) is 11.3 Å². The van der Waals surface area contributed by atoms with Gasteiger partial charge in [-0.3, -0.25) is 4.98 Å². The van der Waals surface area contributed by atoms with Crippen molar-refractivity contribution in [2.24, 2.45) is 0 Å². The van der Waals surface area contributed by atoms with E-state index in [9.17, 15) is 22.4 Å². The van der Waals surface area contributed by atoms with Gasteiger partial charge >= 0.3 is 12.3 Å². The largest absolute Gasteiger partial charge is 0.465 e. The van der Waals surface area contributed by atoms with Crippen LogP contribution in [0.25, 0.3) is 11.3 Å². The number of hydrogen-bond donors (Lipinski definition) is 2. The molecule has 0 aromatic carbocycles. The molecule has 2 rings (SSSR count).